The first-order chi connectivity index (χ1) is 18.0. The Morgan fingerprint density at radius 2 is 1.74 bits per heavy atom. The second kappa shape index (κ2) is 12.3. The van der Waals surface area contributed by atoms with Crippen molar-refractivity contribution >= 4 is 21.6 Å². The van der Waals surface area contributed by atoms with E-state index < -0.39 is 101 Å². The molecule has 1 amide bonds. The molecule has 2 unspecified atom stereocenters. The molecule has 2 saturated heterocycles. The first-order valence-electron chi connectivity index (χ1n) is 10.9. The summed E-state index contributed by atoms with van der Waals surface area (Å²) in [5, 5.41) is 52.1. The fourth-order valence-corrected chi connectivity index (χ4v) is 5.84. The van der Waals surface area contributed by atoms with Crippen LogP contribution in [0.25, 0.3) is 0 Å². The minimum Gasteiger partial charge on any atom is -0.756 e. The number of amides is 1. The maximum absolute atomic E-state index is 12.2. The molecule has 0 radical (unpaired) electrons. The number of hydrogen-bond acceptors (Lipinski definition) is 17. The van der Waals surface area contributed by atoms with Crippen LogP contribution in [0.2, 0.25) is 0 Å². The fourth-order valence-electron chi connectivity index (χ4n) is 3.76. The monoisotopic (exact) mass is 605 g/mol. The second-order valence-corrected chi connectivity index (χ2v) is 11.3. The van der Waals surface area contributed by atoms with E-state index in [4.69, 9.17) is 9.47 Å². The molecule has 2 aliphatic rings. The van der Waals surface area contributed by atoms with E-state index >= 15 is 0 Å². The number of H-pyrrole nitrogens is 1. The van der Waals surface area contributed by atoms with Crippen molar-refractivity contribution in [2.24, 2.45) is 0 Å². The maximum Gasteiger partial charge on any atom is 0.330 e. The van der Waals surface area contributed by atoms with Crippen LogP contribution in [-0.4, -0.2) is 103 Å². The number of ether oxygens (including phenoxy) is 2. The molecule has 2 fully saturated rings. The third-order valence-electron chi connectivity index (χ3n) is 5.55. The first kappa shape index (κ1) is 31.7. The van der Waals surface area contributed by atoms with E-state index in [1.54, 1.807) is 0 Å². The summed E-state index contributed by atoms with van der Waals surface area (Å²) in [5.74, 6) is -0.761. The molecule has 0 aromatic carbocycles. The highest BCUT2D eigenvalue weighted by Crippen LogP contribution is 2.57. The Kier molecular flexibility index (Phi) is 10.0. The van der Waals surface area contributed by atoms with Gasteiger partial charge >= 0.3 is 5.69 Å². The lowest BCUT2D eigenvalue weighted by atomic mass is 9.96. The Hall–Kier alpha value is -1.87. The highest BCUT2D eigenvalue weighted by Gasteiger charge is 2.47. The van der Waals surface area contributed by atoms with Gasteiger partial charge in [-0.05, 0) is 0 Å². The summed E-state index contributed by atoms with van der Waals surface area (Å²) in [6.07, 6.45) is -13.6. The number of phosphoric acid groups is 2. The van der Waals surface area contributed by atoms with Gasteiger partial charge in [-0.2, -0.15) is 0 Å². The van der Waals surface area contributed by atoms with Gasteiger partial charge in [-0.1, -0.05) is 0 Å². The van der Waals surface area contributed by atoms with Crippen LogP contribution in [0, 0.1) is 0 Å². The molecular formula is C17H25N3O17P2-2. The fraction of sp³-hybridized carbons (Fsp3) is 0.706. The van der Waals surface area contributed by atoms with Gasteiger partial charge in [-0.3, -0.25) is 32.8 Å². The zero-order chi connectivity index (χ0) is 29.3. The number of aliphatic hydroxyl groups excluding tert-OH is 5. The number of phosphoric ester groups is 2. The van der Waals surface area contributed by atoms with Crippen LogP contribution in [0.1, 0.15) is 13.2 Å². The van der Waals surface area contributed by atoms with Gasteiger partial charge in [0.25, 0.3) is 21.2 Å². The Morgan fingerprint density at radius 3 is 2.33 bits per heavy atom. The number of aromatic amines is 1. The molecule has 3 rings (SSSR count). The van der Waals surface area contributed by atoms with Crippen LogP contribution in [0.3, 0.4) is 0 Å². The summed E-state index contributed by atoms with van der Waals surface area (Å²) in [5.41, 5.74) is -1.79. The molecular weight excluding hydrogens is 580 g/mol. The number of carbonyl (C=O) groups excluding carboxylic acids is 1. The van der Waals surface area contributed by atoms with Crippen molar-refractivity contribution in [1.82, 2.24) is 14.9 Å². The minimum absolute atomic E-state index is 0.697. The number of hydrogen-bond donors (Lipinski definition) is 7. The largest absolute Gasteiger partial charge is 0.756 e. The van der Waals surface area contributed by atoms with Crippen LogP contribution in [0.4, 0.5) is 0 Å². The number of aliphatic hydroxyl groups is 5. The molecule has 0 saturated carbocycles. The molecule has 3 heterocycles. The van der Waals surface area contributed by atoms with Crippen molar-refractivity contribution in [3.8, 4) is 0 Å². The highest BCUT2D eigenvalue weighted by molar-refractivity contribution is 7.59. The van der Waals surface area contributed by atoms with E-state index in [1.807, 2.05) is 4.98 Å². The highest BCUT2D eigenvalue weighted by atomic mass is 31.3. The van der Waals surface area contributed by atoms with Gasteiger partial charge in [0.2, 0.25) is 5.91 Å². The van der Waals surface area contributed by atoms with E-state index in [2.05, 4.69) is 18.7 Å². The predicted octanol–water partition coefficient (Wildman–Crippen LogP) is -5.91. The molecule has 0 spiro atoms. The van der Waals surface area contributed by atoms with Crippen molar-refractivity contribution < 1.29 is 72.1 Å². The number of nitrogens with zero attached hydrogens (tertiary/aromatic N) is 1. The van der Waals surface area contributed by atoms with E-state index in [1.165, 1.54) is 0 Å². The van der Waals surface area contributed by atoms with Crippen LogP contribution in [-0.2, 0) is 36.8 Å². The quantitative estimate of drug-likeness (QED) is 0.122. The summed E-state index contributed by atoms with van der Waals surface area (Å²) in [4.78, 5) is 60.7. The van der Waals surface area contributed by atoms with E-state index in [0.717, 1.165) is 19.2 Å². The van der Waals surface area contributed by atoms with Crippen molar-refractivity contribution in [2.45, 2.75) is 62.1 Å². The predicted molar refractivity (Wildman–Crippen MR) is 116 cm³/mol. The van der Waals surface area contributed by atoms with Crippen molar-refractivity contribution in [1.29, 1.82) is 0 Å². The van der Waals surface area contributed by atoms with Gasteiger partial charge < -0.3 is 54.6 Å². The molecule has 7 N–H and O–H groups in total. The van der Waals surface area contributed by atoms with Gasteiger partial charge in [0.05, 0.1) is 19.3 Å². The van der Waals surface area contributed by atoms with E-state index in [9.17, 15) is 58.8 Å². The van der Waals surface area contributed by atoms with Gasteiger partial charge in [-0.15, -0.1) is 0 Å². The third kappa shape index (κ3) is 7.66. The normalized spacial score (nSPS) is 36.2. The van der Waals surface area contributed by atoms with Crippen LogP contribution in [0.5, 0.6) is 0 Å². The molecule has 39 heavy (non-hydrogen) atoms. The van der Waals surface area contributed by atoms with Gasteiger partial charge in [0, 0.05) is 19.2 Å². The van der Waals surface area contributed by atoms with Gasteiger partial charge in [0.1, 0.15) is 36.6 Å². The lowest BCUT2D eigenvalue weighted by molar-refractivity contribution is -0.290. The average molecular weight is 605 g/mol. The number of aromatic nitrogens is 2. The summed E-state index contributed by atoms with van der Waals surface area (Å²) < 4.78 is 47.9. The number of nitrogens with one attached hydrogen (secondary N) is 2. The molecule has 1 aromatic heterocycles. The number of rotatable bonds is 10. The van der Waals surface area contributed by atoms with Crippen LogP contribution < -0.4 is 26.4 Å². The lowest BCUT2D eigenvalue weighted by Crippen LogP contribution is -2.64. The maximum atomic E-state index is 12.2. The number of carbonyl (C=O) groups is 1. The zero-order valence-corrected chi connectivity index (χ0v) is 21.5. The Balaban J connectivity index is 1.64. The Labute approximate surface area is 217 Å². The van der Waals surface area contributed by atoms with Crippen molar-refractivity contribution in [3.05, 3.63) is 33.1 Å². The summed E-state index contributed by atoms with van der Waals surface area (Å²) in [7, 11) is -11.8. The third-order valence-corrected chi connectivity index (χ3v) is 8.08. The topological polar surface area (TPSA) is 312 Å². The molecule has 22 heteroatoms. The van der Waals surface area contributed by atoms with Crippen LogP contribution >= 0.6 is 15.6 Å². The summed E-state index contributed by atoms with van der Waals surface area (Å²) >= 11 is 0. The van der Waals surface area contributed by atoms with E-state index in [0.29, 0.717) is 4.57 Å². The first-order valence-corrected chi connectivity index (χ1v) is 13.9. The smallest absolute Gasteiger partial charge is 0.330 e. The standard InChI is InChI=1S/C17H27N3O17P2/c1-6(22)18-10-11(24)7(4-21)35-16(13(10)26)36-39(31,32)37-38(29,30)33-5-8-12(25)14(27)15(34-8)20-3-2-9(23)19-17(20)28/h2-3,7-8,10-16,21,24-27H,4-5H2,1H3,(H,18,22)(H,29,30)(H,31,32)(H,19,23,28)/p-2/t7-,8-,10+,11-,12-,13-,14-,15-,16-/m1/s1. The molecule has 2 aliphatic heterocycles. The molecule has 20 nitrogen and oxygen atoms in total. The second-order valence-electron chi connectivity index (χ2n) is 8.37. The average Bonchev–Trinajstić information content (AvgIpc) is 3.10. The van der Waals surface area contributed by atoms with Gasteiger partial charge in [0.15, 0.2) is 12.5 Å². The lowest BCUT2D eigenvalue weighted by Gasteiger charge is -2.43. The van der Waals surface area contributed by atoms with Crippen LogP contribution in [0.15, 0.2) is 21.9 Å². The molecule has 1 aromatic rings. The molecule has 0 bridgehead atoms. The minimum atomic E-state index is -5.94. The summed E-state index contributed by atoms with van der Waals surface area (Å²) in [6, 6.07) is -0.683. The molecule has 11 atom stereocenters. The summed E-state index contributed by atoms with van der Waals surface area (Å²) in [6.45, 7) is -1.03. The zero-order valence-electron chi connectivity index (χ0n) is 19.7. The van der Waals surface area contributed by atoms with Crippen molar-refractivity contribution in [2.75, 3.05) is 13.2 Å². The Morgan fingerprint density at radius 1 is 1.08 bits per heavy atom. The van der Waals surface area contributed by atoms with E-state index in [-0.39, 0.29) is 0 Å². The van der Waals surface area contributed by atoms with Crippen molar-refractivity contribution in [3.63, 3.8) is 0 Å². The SMILES string of the molecule is CC(=O)N[C@@H]1[C@@H](O)[C@@H](OP(=O)([O-])OP(=O)([O-])OC[C@H]2O[C@@H](n3ccc(=O)[nH]c3=O)[C@H](O)[C@@H]2O)O[C@H](CO)[C@H]1O. The molecule has 0 aliphatic carbocycles. The Bertz CT molecular complexity index is 1240. The van der Waals surface area contributed by atoms with Gasteiger partial charge in [-0.25, -0.2) is 9.11 Å². The molecule has 222 valence electrons.